The smallest absolute Gasteiger partial charge is 0.310 e. The van der Waals surface area contributed by atoms with E-state index < -0.39 is 23.6 Å². The van der Waals surface area contributed by atoms with Crippen molar-refractivity contribution in [3.05, 3.63) is 35.1 Å². The van der Waals surface area contributed by atoms with Gasteiger partial charge in [0.25, 0.3) is 0 Å². The summed E-state index contributed by atoms with van der Waals surface area (Å²) in [6, 6.07) is 2.27. The van der Waals surface area contributed by atoms with Gasteiger partial charge in [0.15, 0.2) is 0 Å². The SMILES string of the molecule is CCCCCC(NCCC)c1cc(F)ccc1C(F)(F)F. The number of hydrogen-bond acceptors (Lipinski definition) is 1. The molecule has 21 heavy (non-hydrogen) atoms. The molecular weight excluding hydrogens is 282 g/mol. The molecule has 0 bridgehead atoms. The molecule has 1 aromatic carbocycles. The van der Waals surface area contributed by atoms with E-state index in [1.165, 1.54) is 0 Å². The van der Waals surface area contributed by atoms with Crippen LogP contribution < -0.4 is 5.32 Å². The van der Waals surface area contributed by atoms with Gasteiger partial charge >= 0.3 is 6.18 Å². The lowest BCUT2D eigenvalue weighted by Crippen LogP contribution is -2.25. The summed E-state index contributed by atoms with van der Waals surface area (Å²) in [4.78, 5) is 0. The molecule has 0 spiro atoms. The van der Waals surface area contributed by atoms with Gasteiger partial charge in [-0.05, 0) is 43.1 Å². The van der Waals surface area contributed by atoms with E-state index in [1.54, 1.807) is 0 Å². The molecule has 1 N–H and O–H groups in total. The average Bonchev–Trinajstić information content (AvgIpc) is 2.41. The first kappa shape index (κ1) is 18.0. The average molecular weight is 305 g/mol. The molecule has 0 aliphatic carbocycles. The third-order valence-electron chi connectivity index (χ3n) is 3.43. The Bertz CT molecular complexity index is 429. The first-order valence-corrected chi connectivity index (χ1v) is 7.50. The summed E-state index contributed by atoms with van der Waals surface area (Å²) >= 11 is 0. The molecule has 0 aromatic heterocycles. The summed E-state index contributed by atoms with van der Waals surface area (Å²) in [5, 5.41) is 3.12. The Labute approximate surface area is 123 Å². The molecule has 120 valence electrons. The van der Waals surface area contributed by atoms with Crippen LogP contribution in [-0.4, -0.2) is 6.54 Å². The number of hydrogen-bond donors (Lipinski definition) is 1. The molecule has 1 nitrogen and oxygen atoms in total. The van der Waals surface area contributed by atoms with E-state index in [0.29, 0.717) is 13.0 Å². The highest BCUT2D eigenvalue weighted by molar-refractivity contribution is 5.33. The van der Waals surface area contributed by atoms with Crippen molar-refractivity contribution in [2.24, 2.45) is 0 Å². The van der Waals surface area contributed by atoms with Crippen molar-refractivity contribution in [2.75, 3.05) is 6.54 Å². The normalized spacial score (nSPS) is 13.4. The summed E-state index contributed by atoms with van der Waals surface area (Å²) < 4.78 is 52.7. The lowest BCUT2D eigenvalue weighted by atomic mass is 9.95. The lowest BCUT2D eigenvalue weighted by Gasteiger charge is -2.23. The highest BCUT2D eigenvalue weighted by Crippen LogP contribution is 2.36. The van der Waals surface area contributed by atoms with Crippen LogP contribution in [0.2, 0.25) is 0 Å². The maximum atomic E-state index is 13.4. The van der Waals surface area contributed by atoms with Crippen LogP contribution in [0.5, 0.6) is 0 Å². The van der Waals surface area contributed by atoms with Crippen molar-refractivity contribution in [1.82, 2.24) is 5.32 Å². The Morgan fingerprint density at radius 1 is 1.10 bits per heavy atom. The van der Waals surface area contributed by atoms with E-state index in [-0.39, 0.29) is 5.56 Å². The first-order valence-electron chi connectivity index (χ1n) is 7.50. The summed E-state index contributed by atoms with van der Waals surface area (Å²) in [6.45, 7) is 4.61. The Morgan fingerprint density at radius 3 is 2.38 bits per heavy atom. The van der Waals surface area contributed by atoms with E-state index in [4.69, 9.17) is 0 Å². The van der Waals surface area contributed by atoms with Crippen molar-refractivity contribution in [3.8, 4) is 0 Å². The molecule has 1 atom stereocenters. The van der Waals surface area contributed by atoms with Gasteiger partial charge in [-0.15, -0.1) is 0 Å². The van der Waals surface area contributed by atoms with E-state index in [9.17, 15) is 17.6 Å². The molecule has 0 saturated heterocycles. The van der Waals surface area contributed by atoms with E-state index in [2.05, 4.69) is 5.32 Å². The molecule has 0 radical (unpaired) electrons. The highest BCUT2D eigenvalue weighted by atomic mass is 19.4. The van der Waals surface area contributed by atoms with Crippen LogP contribution in [0, 0.1) is 5.82 Å². The van der Waals surface area contributed by atoms with Crippen molar-refractivity contribution in [3.63, 3.8) is 0 Å². The van der Waals surface area contributed by atoms with E-state index in [1.807, 2.05) is 13.8 Å². The van der Waals surface area contributed by atoms with Crippen molar-refractivity contribution >= 4 is 0 Å². The zero-order valence-electron chi connectivity index (χ0n) is 12.6. The van der Waals surface area contributed by atoms with Gasteiger partial charge in [-0.3, -0.25) is 0 Å². The molecule has 5 heteroatoms. The van der Waals surface area contributed by atoms with Gasteiger partial charge in [0.05, 0.1) is 5.56 Å². The van der Waals surface area contributed by atoms with Crippen molar-refractivity contribution in [1.29, 1.82) is 0 Å². The summed E-state index contributed by atoms with van der Waals surface area (Å²) in [5.74, 6) is -0.628. The zero-order valence-corrected chi connectivity index (χ0v) is 12.6. The van der Waals surface area contributed by atoms with Crippen molar-refractivity contribution in [2.45, 2.75) is 58.2 Å². The van der Waals surface area contributed by atoms with Crippen LogP contribution in [0.4, 0.5) is 17.6 Å². The van der Waals surface area contributed by atoms with Crippen LogP contribution >= 0.6 is 0 Å². The van der Waals surface area contributed by atoms with E-state index in [0.717, 1.165) is 43.9 Å². The number of halogens is 4. The minimum atomic E-state index is -4.46. The second-order valence-electron chi connectivity index (χ2n) is 5.23. The molecule has 1 unspecified atom stereocenters. The third kappa shape index (κ3) is 5.65. The second kappa shape index (κ2) is 8.37. The maximum Gasteiger partial charge on any atom is 0.416 e. The summed E-state index contributed by atoms with van der Waals surface area (Å²) in [6.07, 6.45) is -0.274. The van der Waals surface area contributed by atoms with Crippen LogP contribution in [-0.2, 0) is 6.18 Å². The van der Waals surface area contributed by atoms with Crippen LogP contribution in [0.1, 0.15) is 63.1 Å². The fraction of sp³-hybridized carbons (Fsp3) is 0.625. The third-order valence-corrected chi connectivity index (χ3v) is 3.43. The molecule has 0 aliphatic rings. The Balaban J connectivity index is 3.06. The van der Waals surface area contributed by atoms with Gasteiger partial charge in [0.1, 0.15) is 5.82 Å². The Morgan fingerprint density at radius 2 is 1.81 bits per heavy atom. The highest BCUT2D eigenvalue weighted by Gasteiger charge is 2.35. The number of unbranched alkanes of at least 4 members (excludes halogenated alkanes) is 2. The Kier molecular flexibility index (Phi) is 7.15. The summed E-state index contributed by atoms with van der Waals surface area (Å²) in [5.41, 5.74) is -0.721. The van der Waals surface area contributed by atoms with Gasteiger partial charge in [-0.1, -0.05) is 33.1 Å². The van der Waals surface area contributed by atoms with E-state index >= 15 is 0 Å². The molecule has 1 aromatic rings. The lowest BCUT2D eigenvalue weighted by molar-refractivity contribution is -0.138. The fourth-order valence-electron chi connectivity index (χ4n) is 2.36. The molecule has 0 aliphatic heterocycles. The largest absolute Gasteiger partial charge is 0.416 e. The molecule has 1 rings (SSSR count). The van der Waals surface area contributed by atoms with Gasteiger partial charge in [-0.25, -0.2) is 4.39 Å². The number of nitrogens with one attached hydrogen (secondary N) is 1. The van der Waals surface area contributed by atoms with Crippen molar-refractivity contribution < 1.29 is 17.6 Å². The minimum absolute atomic E-state index is 0.0204. The minimum Gasteiger partial charge on any atom is -0.310 e. The summed E-state index contributed by atoms with van der Waals surface area (Å²) in [7, 11) is 0. The van der Waals surface area contributed by atoms with Gasteiger partial charge < -0.3 is 5.32 Å². The number of benzene rings is 1. The number of rotatable bonds is 8. The fourth-order valence-corrected chi connectivity index (χ4v) is 2.36. The molecule has 0 saturated carbocycles. The predicted octanol–water partition coefficient (Wildman–Crippen LogP) is 5.47. The molecule has 0 amide bonds. The standard InChI is InChI=1S/C16H23F4N/c1-3-5-6-7-15(21-10-4-2)13-11-12(17)8-9-14(13)16(18,19)20/h8-9,11,15,21H,3-7,10H2,1-2H3. The Hall–Kier alpha value is -1.10. The topological polar surface area (TPSA) is 12.0 Å². The van der Waals surface area contributed by atoms with Crippen LogP contribution in [0.15, 0.2) is 18.2 Å². The molecule has 0 fully saturated rings. The van der Waals surface area contributed by atoms with Gasteiger partial charge in [-0.2, -0.15) is 13.2 Å². The number of alkyl halides is 3. The second-order valence-corrected chi connectivity index (χ2v) is 5.23. The monoisotopic (exact) mass is 305 g/mol. The first-order chi connectivity index (χ1) is 9.90. The van der Waals surface area contributed by atoms with Gasteiger partial charge in [0.2, 0.25) is 0 Å². The molecular formula is C16H23F4N. The zero-order chi connectivity index (χ0) is 15.9. The quantitative estimate of drug-likeness (QED) is 0.496. The van der Waals surface area contributed by atoms with Crippen LogP contribution in [0.3, 0.4) is 0 Å². The maximum absolute atomic E-state index is 13.4. The van der Waals surface area contributed by atoms with Gasteiger partial charge in [0, 0.05) is 6.04 Å². The molecule has 0 heterocycles. The predicted molar refractivity (Wildman–Crippen MR) is 76.6 cm³/mol. The van der Waals surface area contributed by atoms with Crippen LogP contribution in [0.25, 0.3) is 0 Å².